The number of carbonyl (C=O) groups excluding carboxylic acids is 2. The number of nitrogens with zero attached hydrogens (tertiary/aromatic N) is 2. The molecular formula is C19H36N4O2. The second-order valence-electron chi connectivity index (χ2n) is 8.67. The summed E-state index contributed by atoms with van der Waals surface area (Å²) in [6.07, 6.45) is 6.16. The highest BCUT2D eigenvalue weighted by molar-refractivity contribution is 5.78. The zero-order valence-corrected chi connectivity index (χ0v) is 16.3. The molecule has 144 valence electrons. The Labute approximate surface area is 152 Å². The predicted molar refractivity (Wildman–Crippen MR) is 100 cm³/mol. The number of amides is 3. The Balaban J connectivity index is 1.56. The molecule has 25 heavy (non-hydrogen) atoms. The maximum Gasteiger partial charge on any atom is 0.317 e. The van der Waals surface area contributed by atoms with E-state index in [1.165, 1.54) is 19.3 Å². The first kappa shape index (κ1) is 20.0. The van der Waals surface area contributed by atoms with Crippen molar-refractivity contribution in [2.45, 2.75) is 65.3 Å². The third-order valence-electron chi connectivity index (χ3n) is 5.19. The van der Waals surface area contributed by atoms with Crippen LogP contribution in [0.3, 0.4) is 0 Å². The number of nitrogens with one attached hydrogen (secondary N) is 2. The van der Waals surface area contributed by atoms with Crippen LogP contribution >= 0.6 is 0 Å². The van der Waals surface area contributed by atoms with Crippen LogP contribution < -0.4 is 10.6 Å². The quantitative estimate of drug-likeness (QED) is 0.770. The second kappa shape index (κ2) is 9.41. The summed E-state index contributed by atoms with van der Waals surface area (Å²) >= 11 is 0. The third kappa shape index (κ3) is 7.63. The lowest BCUT2D eigenvalue weighted by Crippen LogP contribution is -2.52. The van der Waals surface area contributed by atoms with Gasteiger partial charge in [-0.05, 0) is 31.2 Å². The van der Waals surface area contributed by atoms with Crippen LogP contribution in [0.5, 0.6) is 0 Å². The van der Waals surface area contributed by atoms with Gasteiger partial charge in [0.15, 0.2) is 0 Å². The summed E-state index contributed by atoms with van der Waals surface area (Å²) in [5, 5.41) is 5.94. The molecule has 6 nitrogen and oxygen atoms in total. The van der Waals surface area contributed by atoms with E-state index >= 15 is 0 Å². The van der Waals surface area contributed by atoms with Gasteiger partial charge in [-0.2, -0.15) is 0 Å². The molecule has 3 amide bonds. The van der Waals surface area contributed by atoms with E-state index < -0.39 is 0 Å². The number of hydrogen-bond donors (Lipinski definition) is 2. The summed E-state index contributed by atoms with van der Waals surface area (Å²) in [6, 6.07) is 0.313. The Morgan fingerprint density at radius 3 is 2.28 bits per heavy atom. The fraction of sp³-hybridized carbons (Fsp3) is 0.895. The fourth-order valence-corrected chi connectivity index (χ4v) is 3.43. The van der Waals surface area contributed by atoms with Crippen molar-refractivity contribution in [3.05, 3.63) is 0 Å². The zero-order valence-electron chi connectivity index (χ0n) is 16.3. The highest BCUT2D eigenvalue weighted by atomic mass is 16.2. The molecule has 1 aliphatic carbocycles. The largest absolute Gasteiger partial charge is 0.353 e. The van der Waals surface area contributed by atoms with E-state index in [0.29, 0.717) is 24.4 Å². The van der Waals surface area contributed by atoms with E-state index in [1.54, 1.807) is 0 Å². The minimum Gasteiger partial charge on any atom is -0.353 e. The molecule has 0 aromatic carbocycles. The van der Waals surface area contributed by atoms with Gasteiger partial charge >= 0.3 is 6.03 Å². The fourth-order valence-electron chi connectivity index (χ4n) is 3.43. The van der Waals surface area contributed by atoms with Gasteiger partial charge < -0.3 is 15.5 Å². The summed E-state index contributed by atoms with van der Waals surface area (Å²) in [6.45, 7) is 11.7. The van der Waals surface area contributed by atoms with E-state index in [2.05, 4.69) is 36.3 Å². The number of rotatable bonds is 6. The second-order valence-corrected chi connectivity index (χ2v) is 8.67. The maximum atomic E-state index is 12.2. The molecular weight excluding hydrogens is 316 g/mol. The average Bonchev–Trinajstić information content (AvgIpc) is 3.05. The summed E-state index contributed by atoms with van der Waals surface area (Å²) in [5.41, 5.74) is 0.355. The van der Waals surface area contributed by atoms with Gasteiger partial charge in [-0.3, -0.25) is 9.69 Å². The van der Waals surface area contributed by atoms with Gasteiger partial charge in [0, 0.05) is 45.2 Å². The SMILES string of the molecule is CC(C)(C)CCN1CCN(C(=O)NCCC(=O)NC2CCCC2)CC1. The Morgan fingerprint density at radius 1 is 1.04 bits per heavy atom. The highest BCUT2D eigenvalue weighted by Crippen LogP contribution is 2.19. The van der Waals surface area contributed by atoms with Crippen LogP contribution in [-0.2, 0) is 4.79 Å². The molecule has 1 saturated carbocycles. The molecule has 1 aliphatic heterocycles. The molecule has 2 N–H and O–H groups in total. The zero-order chi connectivity index (χ0) is 18.3. The molecule has 2 fully saturated rings. The lowest BCUT2D eigenvalue weighted by atomic mass is 9.92. The maximum absolute atomic E-state index is 12.2. The van der Waals surface area contributed by atoms with Gasteiger partial charge in [0.1, 0.15) is 0 Å². The van der Waals surface area contributed by atoms with Crippen molar-refractivity contribution in [2.75, 3.05) is 39.3 Å². The topological polar surface area (TPSA) is 64.7 Å². The summed E-state index contributed by atoms with van der Waals surface area (Å²) in [7, 11) is 0. The number of urea groups is 1. The number of piperazine rings is 1. The normalized spacial score (nSPS) is 19.9. The van der Waals surface area contributed by atoms with E-state index in [9.17, 15) is 9.59 Å². The first-order valence-corrected chi connectivity index (χ1v) is 9.88. The van der Waals surface area contributed by atoms with Gasteiger partial charge in [0.2, 0.25) is 5.91 Å². The average molecular weight is 353 g/mol. The van der Waals surface area contributed by atoms with E-state index in [1.807, 2.05) is 4.90 Å². The molecule has 0 aromatic heterocycles. The first-order chi connectivity index (χ1) is 11.8. The molecule has 2 aliphatic rings. The van der Waals surface area contributed by atoms with Gasteiger partial charge in [0.25, 0.3) is 0 Å². The van der Waals surface area contributed by atoms with Crippen LogP contribution in [0.2, 0.25) is 0 Å². The minimum absolute atomic E-state index is 0.0378. The molecule has 0 aromatic rings. The molecule has 1 saturated heterocycles. The molecule has 2 rings (SSSR count). The van der Waals surface area contributed by atoms with Crippen molar-refractivity contribution in [3.8, 4) is 0 Å². The van der Waals surface area contributed by atoms with Crippen molar-refractivity contribution >= 4 is 11.9 Å². The molecule has 6 heteroatoms. The first-order valence-electron chi connectivity index (χ1n) is 9.88. The number of hydrogen-bond acceptors (Lipinski definition) is 3. The van der Waals surface area contributed by atoms with Crippen molar-refractivity contribution in [1.29, 1.82) is 0 Å². The van der Waals surface area contributed by atoms with Crippen molar-refractivity contribution in [1.82, 2.24) is 20.4 Å². The summed E-state index contributed by atoms with van der Waals surface area (Å²) < 4.78 is 0. The van der Waals surface area contributed by atoms with Crippen LogP contribution in [0, 0.1) is 5.41 Å². The molecule has 0 bridgehead atoms. The Hall–Kier alpha value is -1.30. The van der Waals surface area contributed by atoms with Crippen LogP contribution in [0.4, 0.5) is 4.79 Å². The third-order valence-corrected chi connectivity index (χ3v) is 5.19. The van der Waals surface area contributed by atoms with Crippen molar-refractivity contribution in [2.24, 2.45) is 5.41 Å². The summed E-state index contributed by atoms with van der Waals surface area (Å²) in [5.74, 6) is 0.0548. The van der Waals surface area contributed by atoms with Gasteiger partial charge in [0.05, 0.1) is 0 Å². The van der Waals surface area contributed by atoms with E-state index in [4.69, 9.17) is 0 Å². The van der Waals surface area contributed by atoms with Crippen LogP contribution in [0.1, 0.15) is 59.3 Å². The predicted octanol–water partition coefficient (Wildman–Crippen LogP) is 2.20. The smallest absolute Gasteiger partial charge is 0.317 e. The highest BCUT2D eigenvalue weighted by Gasteiger charge is 2.22. The Bertz CT molecular complexity index is 433. The monoisotopic (exact) mass is 352 g/mol. The Kier molecular flexibility index (Phi) is 7.54. The van der Waals surface area contributed by atoms with Gasteiger partial charge in [-0.1, -0.05) is 33.6 Å². The van der Waals surface area contributed by atoms with Gasteiger partial charge in [-0.15, -0.1) is 0 Å². The van der Waals surface area contributed by atoms with E-state index in [-0.39, 0.29) is 11.9 Å². The van der Waals surface area contributed by atoms with Crippen LogP contribution in [-0.4, -0.2) is 67.0 Å². The lowest BCUT2D eigenvalue weighted by Gasteiger charge is -2.35. The molecule has 1 heterocycles. The standard InChI is InChI=1S/C19H36N4O2/c1-19(2,3)9-11-22-12-14-23(15-13-22)18(25)20-10-8-17(24)21-16-6-4-5-7-16/h16H,4-15H2,1-3H3,(H,20,25)(H,21,24). The molecule has 0 radical (unpaired) electrons. The van der Waals surface area contributed by atoms with Crippen LogP contribution in [0.25, 0.3) is 0 Å². The van der Waals surface area contributed by atoms with Crippen molar-refractivity contribution < 1.29 is 9.59 Å². The minimum atomic E-state index is -0.0378. The van der Waals surface area contributed by atoms with Crippen LogP contribution in [0.15, 0.2) is 0 Å². The Morgan fingerprint density at radius 2 is 1.68 bits per heavy atom. The van der Waals surface area contributed by atoms with Crippen molar-refractivity contribution in [3.63, 3.8) is 0 Å². The molecule has 0 unspecified atom stereocenters. The molecule has 0 spiro atoms. The molecule has 0 atom stereocenters. The summed E-state index contributed by atoms with van der Waals surface area (Å²) in [4.78, 5) is 28.4. The van der Waals surface area contributed by atoms with E-state index in [0.717, 1.165) is 45.6 Å². The van der Waals surface area contributed by atoms with Gasteiger partial charge in [-0.25, -0.2) is 4.79 Å². The number of carbonyl (C=O) groups is 2. The lowest BCUT2D eigenvalue weighted by molar-refractivity contribution is -0.121.